The van der Waals surface area contributed by atoms with Crippen molar-refractivity contribution in [3.8, 4) is 5.75 Å². The number of aliphatic imine (C=N–C) groups is 1. The highest BCUT2D eigenvalue weighted by Crippen LogP contribution is 2.28. The summed E-state index contributed by atoms with van der Waals surface area (Å²) in [5.41, 5.74) is 1.75. The summed E-state index contributed by atoms with van der Waals surface area (Å²) < 4.78 is 11.2. The van der Waals surface area contributed by atoms with Gasteiger partial charge in [0.25, 0.3) is 0 Å². The minimum Gasteiger partial charge on any atom is -0.490 e. The van der Waals surface area contributed by atoms with Gasteiger partial charge in [0, 0.05) is 12.1 Å². The topological polar surface area (TPSA) is 84.8 Å². The summed E-state index contributed by atoms with van der Waals surface area (Å²) in [7, 11) is 0. The van der Waals surface area contributed by atoms with Gasteiger partial charge in [-0.15, -0.1) is 35.3 Å². The average Bonchev–Trinajstić information content (AvgIpc) is 3.12. The van der Waals surface area contributed by atoms with Crippen LogP contribution in [0.15, 0.2) is 29.3 Å². The molecule has 1 fully saturated rings. The van der Waals surface area contributed by atoms with E-state index in [0.717, 1.165) is 35.7 Å². The van der Waals surface area contributed by atoms with Crippen LogP contribution in [0.2, 0.25) is 0 Å². The van der Waals surface area contributed by atoms with E-state index >= 15 is 0 Å². The van der Waals surface area contributed by atoms with Gasteiger partial charge < -0.3 is 20.1 Å². The Bertz CT molecular complexity index is 914. The number of esters is 1. The van der Waals surface area contributed by atoms with E-state index in [2.05, 4.69) is 21.7 Å². The summed E-state index contributed by atoms with van der Waals surface area (Å²) in [6, 6.07) is 7.98. The smallest absolute Gasteiger partial charge is 0.350 e. The predicted octanol–water partition coefficient (Wildman–Crippen LogP) is 4.99. The number of rotatable bonds is 9. The zero-order valence-corrected chi connectivity index (χ0v) is 22.3. The highest BCUT2D eigenvalue weighted by Gasteiger charge is 2.21. The van der Waals surface area contributed by atoms with E-state index in [9.17, 15) is 4.79 Å². The van der Waals surface area contributed by atoms with Gasteiger partial charge in [-0.2, -0.15) is 0 Å². The molecule has 7 nitrogen and oxygen atoms in total. The Morgan fingerprint density at radius 1 is 1.31 bits per heavy atom. The molecule has 1 atom stereocenters. The van der Waals surface area contributed by atoms with Gasteiger partial charge in [-0.25, -0.2) is 14.8 Å². The number of carbonyl (C=O) groups is 1. The van der Waals surface area contributed by atoms with Crippen LogP contribution in [0.5, 0.6) is 5.75 Å². The molecule has 2 aromatic rings. The summed E-state index contributed by atoms with van der Waals surface area (Å²) in [4.78, 5) is 22.0. The minimum absolute atomic E-state index is 0. The fourth-order valence-electron chi connectivity index (χ4n) is 3.16. The number of nitrogens with one attached hydrogen (secondary N) is 2. The van der Waals surface area contributed by atoms with Crippen molar-refractivity contribution in [2.75, 3.05) is 13.2 Å². The number of aryl methyl sites for hydroxylation is 1. The number of ether oxygens (including phenoxy) is 2. The summed E-state index contributed by atoms with van der Waals surface area (Å²) in [6.45, 7) is 9.27. The van der Waals surface area contributed by atoms with E-state index in [0.29, 0.717) is 35.8 Å². The Kier molecular flexibility index (Phi) is 10.7. The molecule has 0 bridgehead atoms. The standard InChI is InChI=1S/C23H32N4O3S.HI/c1-5-24-23(25-14-17-10-7-8-13-19(17)30-18-11-9-12-18)27-16(4)21-26-15(3)20(31-21)22(28)29-6-2;/h7-8,10,13,16,18H,5-6,9,11-12,14H2,1-4H3,(H2,24,25,27);1H. The third-order valence-corrected chi connectivity index (χ3v) is 6.39. The quantitative estimate of drug-likeness (QED) is 0.191. The van der Waals surface area contributed by atoms with Gasteiger partial charge >= 0.3 is 5.97 Å². The number of carbonyl (C=O) groups excluding carboxylic acids is 1. The van der Waals surface area contributed by atoms with Crippen molar-refractivity contribution in [2.45, 2.75) is 65.6 Å². The maximum atomic E-state index is 12.1. The second-order valence-corrected chi connectivity index (χ2v) is 8.56. The van der Waals surface area contributed by atoms with E-state index < -0.39 is 0 Å². The lowest BCUT2D eigenvalue weighted by Crippen LogP contribution is -2.38. The van der Waals surface area contributed by atoms with Crippen LogP contribution in [-0.4, -0.2) is 36.2 Å². The number of guanidine groups is 1. The maximum absolute atomic E-state index is 12.1. The van der Waals surface area contributed by atoms with Gasteiger partial charge in [-0.3, -0.25) is 0 Å². The Hall–Kier alpha value is -1.88. The molecule has 1 aliphatic rings. The van der Waals surface area contributed by atoms with E-state index in [-0.39, 0.29) is 36.0 Å². The molecule has 0 radical (unpaired) electrons. The minimum atomic E-state index is -0.320. The zero-order valence-electron chi connectivity index (χ0n) is 19.1. The molecule has 176 valence electrons. The van der Waals surface area contributed by atoms with E-state index in [1.807, 2.05) is 39.0 Å². The summed E-state index contributed by atoms with van der Waals surface area (Å²) in [6.07, 6.45) is 3.82. The normalized spacial score (nSPS) is 14.7. The van der Waals surface area contributed by atoms with Gasteiger partial charge in [0.1, 0.15) is 15.6 Å². The molecule has 0 amide bonds. The SMILES string of the molecule is CCNC(=NCc1ccccc1OC1CCC1)NC(C)c1nc(C)c(C(=O)OCC)s1.I. The van der Waals surface area contributed by atoms with Crippen LogP contribution < -0.4 is 15.4 Å². The highest BCUT2D eigenvalue weighted by molar-refractivity contribution is 14.0. The van der Waals surface area contributed by atoms with E-state index in [4.69, 9.17) is 14.5 Å². The first-order chi connectivity index (χ1) is 15.0. The number of halogens is 1. The van der Waals surface area contributed by atoms with Gasteiger partial charge in [0.2, 0.25) is 0 Å². The fraction of sp³-hybridized carbons (Fsp3) is 0.522. The molecular formula is C23H33IN4O3S. The first kappa shape index (κ1) is 26.4. The first-order valence-electron chi connectivity index (χ1n) is 11.0. The third kappa shape index (κ3) is 7.06. The molecule has 1 unspecified atom stereocenters. The zero-order chi connectivity index (χ0) is 22.2. The molecule has 0 saturated heterocycles. The number of thiazole rings is 1. The van der Waals surface area contributed by atoms with E-state index in [1.165, 1.54) is 17.8 Å². The average molecular weight is 573 g/mol. The summed E-state index contributed by atoms with van der Waals surface area (Å²) in [5.74, 6) is 1.29. The van der Waals surface area contributed by atoms with Gasteiger partial charge in [0.05, 0.1) is 31.0 Å². The van der Waals surface area contributed by atoms with Crippen molar-refractivity contribution in [3.63, 3.8) is 0 Å². The van der Waals surface area contributed by atoms with Crippen LogP contribution in [0, 0.1) is 6.92 Å². The Balaban J connectivity index is 0.00000363. The fourth-order valence-corrected chi connectivity index (χ4v) is 4.12. The van der Waals surface area contributed by atoms with Crippen LogP contribution in [0.3, 0.4) is 0 Å². The number of aromatic nitrogens is 1. The van der Waals surface area contributed by atoms with Crippen LogP contribution in [0.1, 0.15) is 72.0 Å². The van der Waals surface area contributed by atoms with Crippen LogP contribution >= 0.6 is 35.3 Å². The summed E-state index contributed by atoms with van der Waals surface area (Å²) in [5, 5.41) is 7.50. The Morgan fingerprint density at radius 2 is 2.06 bits per heavy atom. The first-order valence-corrected chi connectivity index (χ1v) is 11.8. The molecule has 1 aliphatic carbocycles. The maximum Gasteiger partial charge on any atom is 0.350 e. The lowest BCUT2D eigenvalue weighted by Gasteiger charge is -2.27. The van der Waals surface area contributed by atoms with E-state index in [1.54, 1.807) is 6.92 Å². The molecule has 2 N–H and O–H groups in total. The van der Waals surface area contributed by atoms with Crippen molar-refractivity contribution in [1.82, 2.24) is 15.6 Å². The Morgan fingerprint density at radius 3 is 2.72 bits per heavy atom. The molecule has 1 saturated carbocycles. The largest absolute Gasteiger partial charge is 0.490 e. The highest BCUT2D eigenvalue weighted by atomic mass is 127. The second-order valence-electron chi connectivity index (χ2n) is 7.53. The number of hydrogen-bond acceptors (Lipinski definition) is 6. The molecule has 1 heterocycles. The second kappa shape index (κ2) is 13.0. The molecule has 0 spiro atoms. The number of hydrogen-bond donors (Lipinski definition) is 2. The van der Waals surface area contributed by atoms with Crippen LogP contribution in [0.25, 0.3) is 0 Å². The van der Waals surface area contributed by atoms with Crippen molar-refractivity contribution >= 4 is 47.2 Å². The lowest BCUT2D eigenvalue weighted by molar-refractivity contribution is 0.0531. The van der Waals surface area contributed by atoms with Crippen molar-refractivity contribution in [2.24, 2.45) is 4.99 Å². The predicted molar refractivity (Wildman–Crippen MR) is 139 cm³/mol. The van der Waals surface area contributed by atoms with Crippen molar-refractivity contribution in [1.29, 1.82) is 0 Å². The Labute approximate surface area is 211 Å². The molecule has 1 aromatic heterocycles. The molecule has 32 heavy (non-hydrogen) atoms. The van der Waals surface area contributed by atoms with Crippen molar-refractivity contribution < 1.29 is 14.3 Å². The van der Waals surface area contributed by atoms with Crippen LogP contribution in [0.4, 0.5) is 0 Å². The van der Waals surface area contributed by atoms with Gasteiger partial charge in [-0.1, -0.05) is 18.2 Å². The molecule has 0 aliphatic heterocycles. The lowest BCUT2D eigenvalue weighted by atomic mass is 9.96. The van der Waals surface area contributed by atoms with Gasteiger partial charge in [0.15, 0.2) is 5.96 Å². The number of para-hydroxylation sites is 1. The van der Waals surface area contributed by atoms with Crippen molar-refractivity contribution in [3.05, 3.63) is 45.4 Å². The van der Waals surface area contributed by atoms with Gasteiger partial charge in [-0.05, 0) is 53.0 Å². The third-order valence-electron chi connectivity index (χ3n) is 5.07. The monoisotopic (exact) mass is 572 g/mol. The molecular weight excluding hydrogens is 539 g/mol. The molecule has 3 rings (SSSR count). The number of nitrogens with zero attached hydrogens (tertiary/aromatic N) is 2. The van der Waals surface area contributed by atoms with Crippen LogP contribution in [-0.2, 0) is 11.3 Å². The number of benzene rings is 1. The summed E-state index contributed by atoms with van der Waals surface area (Å²) >= 11 is 1.36. The molecule has 1 aromatic carbocycles. The molecule has 9 heteroatoms.